The van der Waals surface area contributed by atoms with Gasteiger partial charge in [-0.1, -0.05) is 18.2 Å². The van der Waals surface area contributed by atoms with Gasteiger partial charge in [-0.25, -0.2) is 0 Å². The number of hydrogen-bond donors (Lipinski definition) is 1. The second-order valence-corrected chi connectivity index (χ2v) is 6.47. The Morgan fingerprint density at radius 2 is 1.67 bits per heavy atom. The summed E-state index contributed by atoms with van der Waals surface area (Å²) in [5.74, 6) is 0.858. The first-order valence-electron chi connectivity index (χ1n) is 8.83. The minimum atomic E-state index is -0.570. The summed E-state index contributed by atoms with van der Waals surface area (Å²) in [6.45, 7) is 5.20. The summed E-state index contributed by atoms with van der Waals surface area (Å²) >= 11 is 0. The van der Waals surface area contributed by atoms with Gasteiger partial charge >= 0.3 is 0 Å². The maximum atomic E-state index is 10.0. The fourth-order valence-electron chi connectivity index (χ4n) is 2.88. The first-order chi connectivity index (χ1) is 11.7. The molecule has 0 spiro atoms. The lowest BCUT2D eigenvalue weighted by molar-refractivity contribution is -0.0750. The standard InChI is InChI=1S/C19H30O5/c1-19(20)9-5-8-18(16-19)24-15-13-22-11-10-21-12-14-23-17-6-3-2-4-7-17/h2-4,6-7,18,20H,5,8-16H2,1H3. The van der Waals surface area contributed by atoms with Crippen LogP contribution in [0.3, 0.4) is 0 Å². The molecule has 0 saturated heterocycles. The molecule has 136 valence electrons. The van der Waals surface area contributed by atoms with Crippen LogP contribution in [0.5, 0.6) is 5.75 Å². The van der Waals surface area contributed by atoms with Gasteiger partial charge in [0.15, 0.2) is 0 Å². The molecule has 0 bridgehead atoms. The summed E-state index contributed by atoms with van der Waals surface area (Å²) in [6, 6.07) is 9.70. The van der Waals surface area contributed by atoms with E-state index in [1.54, 1.807) is 0 Å². The molecule has 0 amide bonds. The predicted molar refractivity (Wildman–Crippen MR) is 92.4 cm³/mol. The van der Waals surface area contributed by atoms with Crippen LogP contribution in [0.15, 0.2) is 30.3 Å². The van der Waals surface area contributed by atoms with Crippen LogP contribution in [-0.2, 0) is 14.2 Å². The summed E-state index contributed by atoms with van der Waals surface area (Å²) in [7, 11) is 0. The van der Waals surface area contributed by atoms with Crippen LogP contribution in [0, 0.1) is 0 Å². The second-order valence-electron chi connectivity index (χ2n) is 6.47. The van der Waals surface area contributed by atoms with Gasteiger partial charge in [-0.15, -0.1) is 0 Å². The van der Waals surface area contributed by atoms with E-state index in [9.17, 15) is 5.11 Å². The number of aliphatic hydroxyl groups is 1. The average molecular weight is 338 g/mol. The van der Waals surface area contributed by atoms with E-state index < -0.39 is 5.60 Å². The van der Waals surface area contributed by atoms with E-state index in [0.717, 1.165) is 31.4 Å². The Bertz CT molecular complexity index is 435. The summed E-state index contributed by atoms with van der Waals surface area (Å²) in [5, 5.41) is 10.0. The van der Waals surface area contributed by atoms with Crippen LogP contribution in [-0.4, -0.2) is 56.5 Å². The number of para-hydroxylation sites is 1. The first-order valence-corrected chi connectivity index (χ1v) is 8.83. The van der Waals surface area contributed by atoms with Crippen molar-refractivity contribution < 1.29 is 24.1 Å². The fourth-order valence-corrected chi connectivity index (χ4v) is 2.88. The molecular formula is C19H30O5. The number of rotatable bonds is 11. The molecule has 0 aromatic heterocycles. The Morgan fingerprint density at radius 1 is 1.00 bits per heavy atom. The summed E-state index contributed by atoms with van der Waals surface area (Å²) in [4.78, 5) is 0. The zero-order chi connectivity index (χ0) is 17.1. The minimum Gasteiger partial charge on any atom is -0.491 e. The Kier molecular flexibility index (Phi) is 8.53. The highest BCUT2D eigenvalue weighted by Crippen LogP contribution is 2.29. The van der Waals surface area contributed by atoms with Crippen molar-refractivity contribution in [1.82, 2.24) is 0 Å². The first kappa shape index (κ1) is 19.2. The van der Waals surface area contributed by atoms with Gasteiger partial charge < -0.3 is 24.1 Å². The summed E-state index contributed by atoms with van der Waals surface area (Å²) < 4.78 is 22.2. The number of ether oxygens (including phenoxy) is 4. The lowest BCUT2D eigenvalue weighted by atomic mass is 9.85. The SMILES string of the molecule is CC1(O)CCCC(OCCOCCOCCOc2ccccc2)C1. The lowest BCUT2D eigenvalue weighted by Gasteiger charge is -2.33. The van der Waals surface area contributed by atoms with Gasteiger partial charge in [-0.05, 0) is 38.3 Å². The van der Waals surface area contributed by atoms with Gasteiger partial charge in [0, 0.05) is 6.42 Å². The molecule has 2 unspecified atom stereocenters. The highest BCUT2D eigenvalue weighted by molar-refractivity contribution is 5.20. The van der Waals surface area contributed by atoms with Gasteiger partial charge in [-0.3, -0.25) is 0 Å². The molecule has 1 aromatic carbocycles. The van der Waals surface area contributed by atoms with Crippen LogP contribution in [0.2, 0.25) is 0 Å². The van der Waals surface area contributed by atoms with E-state index in [4.69, 9.17) is 18.9 Å². The van der Waals surface area contributed by atoms with Crippen molar-refractivity contribution in [3.8, 4) is 5.75 Å². The van der Waals surface area contributed by atoms with E-state index in [1.807, 2.05) is 37.3 Å². The third kappa shape index (κ3) is 8.11. The third-order valence-electron chi connectivity index (χ3n) is 4.10. The monoisotopic (exact) mass is 338 g/mol. The van der Waals surface area contributed by atoms with Crippen LogP contribution in [0.4, 0.5) is 0 Å². The van der Waals surface area contributed by atoms with E-state index in [2.05, 4.69) is 0 Å². The molecule has 5 nitrogen and oxygen atoms in total. The molecule has 1 fully saturated rings. The van der Waals surface area contributed by atoms with Crippen molar-refractivity contribution in [2.45, 2.75) is 44.3 Å². The fraction of sp³-hybridized carbons (Fsp3) is 0.684. The predicted octanol–water partition coefficient (Wildman–Crippen LogP) is 2.81. The van der Waals surface area contributed by atoms with Gasteiger partial charge in [0.05, 0.1) is 44.7 Å². The van der Waals surface area contributed by atoms with Gasteiger partial charge in [-0.2, -0.15) is 0 Å². The smallest absolute Gasteiger partial charge is 0.119 e. The molecule has 0 aliphatic heterocycles. The topological polar surface area (TPSA) is 57.2 Å². The normalized spacial score (nSPS) is 24.0. The lowest BCUT2D eigenvalue weighted by Crippen LogP contribution is -2.36. The van der Waals surface area contributed by atoms with E-state index in [1.165, 1.54) is 0 Å². The van der Waals surface area contributed by atoms with E-state index >= 15 is 0 Å². The molecule has 1 saturated carbocycles. The molecule has 0 heterocycles. The molecular weight excluding hydrogens is 308 g/mol. The Morgan fingerprint density at radius 3 is 2.38 bits per heavy atom. The van der Waals surface area contributed by atoms with Crippen molar-refractivity contribution in [3.63, 3.8) is 0 Å². The molecule has 24 heavy (non-hydrogen) atoms. The minimum absolute atomic E-state index is 0.156. The number of hydrogen-bond acceptors (Lipinski definition) is 5. The van der Waals surface area contributed by atoms with E-state index in [-0.39, 0.29) is 6.10 Å². The molecule has 0 radical (unpaired) electrons. The maximum Gasteiger partial charge on any atom is 0.119 e. The zero-order valence-electron chi connectivity index (χ0n) is 14.6. The van der Waals surface area contributed by atoms with Gasteiger partial charge in [0.25, 0.3) is 0 Å². The Balaban J connectivity index is 1.37. The Hall–Kier alpha value is -1.14. The molecule has 5 heteroatoms. The molecule has 2 rings (SSSR count). The van der Waals surface area contributed by atoms with Crippen LogP contribution < -0.4 is 4.74 Å². The molecule has 1 N–H and O–H groups in total. The van der Waals surface area contributed by atoms with Gasteiger partial charge in [0.1, 0.15) is 12.4 Å². The Labute approximate surface area is 144 Å². The largest absolute Gasteiger partial charge is 0.491 e. The molecule has 1 aromatic rings. The zero-order valence-corrected chi connectivity index (χ0v) is 14.6. The molecule has 1 aliphatic rings. The van der Waals surface area contributed by atoms with Crippen LogP contribution in [0.25, 0.3) is 0 Å². The van der Waals surface area contributed by atoms with Crippen molar-refractivity contribution >= 4 is 0 Å². The van der Waals surface area contributed by atoms with Crippen LogP contribution in [0.1, 0.15) is 32.6 Å². The van der Waals surface area contributed by atoms with Crippen molar-refractivity contribution in [3.05, 3.63) is 30.3 Å². The quantitative estimate of drug-likeness (QED) is 0.629. The molecule has 1 aliphatic carbocycles. The van der Waals surface area contributed by atoms with Crippen molar-refractivity contribution in [2.75, 3.05) is 39.6 Å². The summed E-state index contributed by atoms with van der Waals surface area (Å²) in [6.07, 6.45) is 3.80. The maximum absolute atomic E-state index is 10.0. The number of benzene rings is 1. The van der Waals surface area contributed by atoms with Crippen molar-refractivity contribution in [2.24, 2.45) is 0 Å². The third-order valence-corrected chi connectivity index (χ3v) is 4.10. The average Bonchev–Trinajstić information content (AvgIpc) is 2.56. The summed E-state index contributed by atoms with van der Waals surface area (Å²) in [5.41, 5.74) is -0.570. The highest BCUT2D eigenvalue weighted by Gasteiger charge is 2.30. The van der Waals surface area contributed by atoms with Crippen molar-refractivity contribution in [1.29, 1.82) is 0 Å². The van der Waals surface area contributed by atoms with Gasteiger partial charge in [0.2, 0.25) is 0 Å². The van der Waals surface area contributed by atoms with E-state index in [0.29, 0.717) is 39.6 Å². The van der Waals surface area contributed by atoms with Crippen LogP contribution >= 0.6 is 0 Å². The highest BCUT2D eigenvalue weighted by atomic mass is 16.6. The molecule has 2 atom stereocenters. The second kappa shape index (κ2) is 10.7.